The van der Waals surface area contributed by atoms with Crippen molar-refractivity contribution in [3.05, 3.63) is 34.6 Å². The molecule has 0 unspecified atom stereocenters. The van der Waals surface area contributed by atoms with Crippen molar-refractivity contribution in [3.63, 3.8) is 0 Å². The van der Waals surface area contributed by atoms with Crippen LogP contribution in [0.2, 0.25) is 5.02 Å². The summed E-state index contributed by atoms with van der Waals surface area (Å²) in [4.78, 5) is 7.49. The molecule has 0 fully saturated rings. The van der Waals surface area contributed by atoms with E-state index in [0.29, 0.717) is 5.02 Å². The Kier molecular flexibility index (Phi) is 3.00. The summed E-state index contributed by atoms with van der Waals surface area (Å²) in [5.74, 6) is -0.811. The fourth-order valence-corrected chi connectivity index (χ4v) is 1.65. The van der Waals surface area contributed by atoms with Crippen LogP contribution in [0, 0.1) is 17.1 Å². The van der Waals surface area contributed by atoms with Gasteiger partial charge < -0.3 is 11.5 Å². The Bertz CT molecular complexity index is 665. The number of nitrogens with zero attached hydrogens (tertiary/aromatic N) is 3. The lowest BCUT2D eigenvalue weighted by Gasteiger charge is -2.07. The molecule has 90 valence electrons. The first-order valence-electron chi connectivity index (χ1n) is 4.81. The van der Waals surface area contributed by atoms with Crippen molar-refractivity contribution in [2.45, 2.75) is 0 Å². The molecule has 0 spiro atoms. The van der Waals surface area contributed by atoms with E-state index in [1.165, 1.54) is 18.2 Å². The van der Waals surface area contributed by atoms with E-state index in [0.717, 1.165) is 0 Å². The van der Waals surface area contributed by atoms with Gasteiger partial charge in [-0.15, -0.1) is 0 Å². The fourth-order valence-electron chi connectivity index (χ4n) is 1.48. The molecule has 0 atom stereocenters. The Balaban J connectivity index is 2.78. The largest absolute Gasteiger partial charge is 0.382 e. The normalized spacial score (nSPS) is 10.1. The molecule has 1 aromatic carbocycles. The van der Waals surface area contributed by atoms with Crippen LogP contribution in [-0.2, 0) is 0 Å². The number of nitrogen functional groups attached to an aromatic ring is 2. The van der Waals surface area contributed by atoms with Gasteiger partial charge >= 0.3 is 0 Å². The summed E-state index contributed by atoms with van der Waals surface area (Å²) < 4.78 is 13.7. The topological polar surface area (TPSA) is 102 Å². The zero-order chi connectivity index (χ0) is 13.3. The standard InChI is InChI=1S/C11H7ClFN5/c12-5-1-2-8(13)6(3-5)9-7(4-14)10(15)18-11(16)17-9/h1-3H,(H4,15,16,17,18). The van der Waals surface area contributed by atoms with Crippen LogP contribution >= 0.6 is 11.6 Å². The van der Waals surface area contributed by atoms with Crippen molar-refractivity contribution in [1.82, 2.24) is 9.97 Å². The summed E-state index contributed by atoms with van der Waals surface area (Å²) in [7, 11) is 0. The molecule has 5 nitrogen and oxygen atoms in total. The molecular formula is C11H7ClFN5. The van der Waals surface area contributed by atoms with Gasteiger partial charge in [0.1, 0.15) is 23.3 Å². The van der Waals surface area contributed by atoms with Gasteiger partial charge in [0.05, 0.1) is 5.69 Å². The van der Waals surface area contributed by atoms with E-state index in [4.69, 9.17) is 28.3 Å². The molecule has 1 aromatic heterocycles. The van der Waals surface area contributed by atoms with E-state index in [1.54, 1.807) is 0 Å². The lowest BCUT2D eigenvalue weighted by molar-refractivity contribution is 0.630. The van der Waals surface area contributed by atoms with Crippen molar-refractivity contribution < 1.29 is 4.39 Å². The molecule has 0 radical (unpaired) electrons. The Morgan fingerprint density at radius 2 is 2.00 bits per heavy atom. The number of anilines is 2. The van der Waals surface area contributed by atoms with Crippen LogP contribution < -0.4 is 11.5 Å². The molecular weight excluding hydrogens is 257 g/mol. The molecule has 4 N–H and O–H groups in total. The molecule has 2 rings (SSSR count). The molecule has 0 amide bonds. The van der Waals surface area contributed by atoms with Gasteiger partial charge in [0, 0.05) is 10.6 Å². The highest BCUT2D eigenvalue weighted by molar-refractivity contribution is 6.30. The van der Waals surface area contributed by atoms with Gasteiger partial charge in [0.15, 0.2) is 0 Å². The highest BCUT2D eigenvalue weighted by Crippen LogP contribution is 2.29. The van der Waals surface area contributed by atoms with Gasteiger partial charge in [-0.25, -0.2) is 9.37 Å². The van der Waals surface area contributed by atoms with Crippen molar-refractivity contribution in [1.29, 1.82) is 5.26 Å². The summed E-state index contributed by atoms with van der Waals surface area (Å²) in [5, 5.41) is 9.32. The van der Waals surface area contributed by atoms with Crippen LogP contribution in [0.25, 0.3) is 11.3 Å². The number of aromatic nitrogens is 2. The lowest BCUT2D eigenvalue weighted by Crippen LogP contribution is -2.05. The summed E-state index contributed by atoms with van der Waals surface area (Å²) >= 11 is 5.79. The molecule has 0 aliphatic heterocycles. The summed E-state index contributed by atoms with van der Waals surface area (Å²) in [6, 6.07) is 5.73. The Morgan fingerprint density at radius 1 is 1.28 bits per heavy atom. The Morgan fingerprint density at radius 3 is 2.67 bits per heavy atom. The van der Waals surface area contributed by atoms with E-state index in [2.05, 4.69) is 9.97 Å². The van der Waals surface area contributed by atoms with Gasteiger partial charge in [0.2, 0.25) is 5.95 Å². The molecule has 0 aliphatic rings. The first kappa shape index (κ1) is 12.1. The van der Waals surface area contributed by atoms with Crippen LogP contribution in [0.5, 0.6) is 0 Å². The van der Waals surface area contributed by atoms with Gasteiger partial charge in [-0.05, 0) is 18.2 Å². The highest BCUT2D eigenvalue weighted by Gasteiger charge is 2.16. The zero-order valence-electron chi connectivity index (χ0n) is 8.98. The fraction of sp³-hybridized carbons (Fsp3) is 0. The second-order valence-electron chi connectivity index (χ2n) is 3.43. The molecule has 7 heteroatoms. The molecule has 2 aromatic rings. The van der Waals surface area contributed by atoms with E-state index >= 15 is 0 Å². The van der Waals surface area contributed by atoms with Gasteiger partial charge in [-0.3, -0.25) is 0 Å². The second kappa shape index (κ2) is 4.47. The van der Waals surface area contributed by atoms with Gasteiger partial charge in [0.25, 0.3) is 0 Å². The minimum Gasteiger partial charge on any atom is -0.382 e. The SMILES string of the molecule is N#Cc1c(N)nc(N)nc1-c1cc(Cl)ccc1F. The number of hydrogen-bond donors (Lipinski definition) is 2. The van der Waals surface area contributed by atoms with E-state index < -0.39 is 5.82 Å². The second-order valence-corrected chi connectivity index (χ2v) is 3.86. The Hall–Kier alpha value is -2.39. The number of nitrogens with two attached hydrogens (primary N) is 2. The number of rotatable bonds is 1. The molecule has 0 saturated heterocycles. The third kappa shape index (κ3) is 2.04. The minimum atomic E-state index is -0.576. The van der Waals surface area contributed by atoms with Crippen LogP contribution in [-0.4, -0.2) is 9.97 Å². The maximum atomic E-state index is 13.7. The van der Waals surface area contributed by atoms with E-state index in [1.807, 2.05) is 6.07 Å². The van der Waals surface area contributed by atoms with Crippen LogP contribution in [0.1, 0.15) is 5.56 Å². The van der Waals surface area contributed by atoms with Crippen LogP contribution in [0.4, 0.5) is 16.2 Å². The Labute approximate surface area is 107 Å². The number of benzene rings is 1. The predicted octanol–water partition coefficient (Wildman–Crippen LogP) is 1.97. The van der Waals surface area contributed by atoms with Crippen molar-refractivity contribution in [3.8, 4) is 17.3 Å². The monoisotopic (exact) mass is 263 g/mol. The number of halogens is 2. The highest BCUT2D eigenvalue weighted by atomic mass is 35.5. The molecule has 0 aliphatic carbocycles. The first-order chi connectivity index (χ1) is 8.52. The molecule has 0 bridgehead atoms. The maximum absolute atomic E-state index is 13.7. The number of nitriles is 1. The smallest absolute Gasteiger partial charge is 0.222 e. The van der Waals surface area contributed by atoms with Crippen LogP contribution in [0.3, 0.4) is 0 Å². The average molecular weight is 264 g/mol. The van der Waals surface area contributed by atoms with Gasteiger partial charge in [-0.2, -0.15) is 10.2 Å². The van der Waals surface area contributed by atoms with Crippen molar-refractivity contribution in [2.75, 3.05) is 11.5 Å². The minimum absolute atomic E-state index is 0.0301. The maximum Gasteiger partial charge on any atom is 0.222 e. The third-order valence-electron chi connectivity index (χ3n) is 2.25. The molecule has 18 heavy (non-hydrogen) atoms. The number of hydrogen-bond acceptors (Lipinski definition) is 5. The summed E-state index contributed by atoms with van der Waals surface area (Å²) in [6.07, 6.45) is 0. The quantitative estimate of drug-likeness (QED) is 0.819. The lowest BCUT2D eigenvalue weighted by atomic mass is 10.1. The van der Waals surface area contributed by atoms with E-state index in [-0.39, 0.29) is 28.6 Å². The van der Waals surface area contributed by atoms with Crippen molar-refractivity contribution in [2.24, 2.45) is 0 Å². The predicted molar refractivity (Wildman–Crippen MR) is 66.0 cm³/mol. The average Bonchev–Trinajstić information content (AvgIpc) is 2.31. The van der Waals surface area contributed by atoms with Crippen LogP contribution in [0.15, 0.2) is 18.2 Å². The molecule has 0 saturated carbocycles. The van der Waals surface area contributed by atoms with Crippen molar-refractivity contribution >= 4 is 23.4 Å². The zero-order valence-corrected chi connectivity index (χ0v) is 9.74. The first-order valence-corrected chi connectivity index (χ1v) is 5.19. The van der Waals surface area contributed by atoms with E-state index in [9.17, 15) is 4.39 Å². The summed E-state index contributed by atoms with van der Waals surface area (Å²) in [5.41, 5.74) is 11.0. The molecule has 1 heterocycles. The van der Waals surface area contributed by atoms with Gasteiger partial charge in [-0.1, -0.05) is 11.6 Å². The third-order valence-corrected chi connectivity index (χ3v) is 2.48. The summed E-state index contributed by atoms with van der Waals surface area (Å²) in [6.45, 7) is 0.